The Morgan fingerprint density at radius 1 is 1.09 bits per heavy atom. The molecule has 0 radical (unpaired) electrons. The fraction of sp³-hybridized carbons (Fsp3) is 0.857. The number of fused-ring (bicyclic) bond motifs is 1. The van der Waals surface area contributed by atoms with Gasteiger partial charge in [-0.25, -0.2) is 13.2 Å². The second kappa shape index (κ2) is 5.72. The molecule has 0 N–H and O–H groups in total. The molecule has 0 aromatic rings. The summed E-state index contributed by atoms with van der Waals surface area (Å²) in [6, 6.07) is -0.970. The molecule has 0 aliphatic carbocycles. The molecule has 2 rings (SSSR count). The van der Waals surface area contributed by atoms with E-state index in [0.717, 1.165) is 0 Å². The topological polar surface area (TPSA) is 84.0 Å². The van der Waals surface area contributed by atoms with Crippen LogP contribution in [0.2, 0.25) is 0 Å². The van der Waals surface area contributed by atoms with Gasteiger partial charge >= 0.3 is 6.09 Å². The van der Waals surface area contributed by atoms with Gasteiger partial charge in [0.2, 0.25) is 5.91 Å². The van der Waals surface area contributed by atoms with Crippen LogP contribution in [0.5, 0.6) is 0 Å². The molecule has 2 heterocycles. The van der Waals surface area contributed by atoms with E-state index in [1.165, 1.54) is 4.90 Å². The average molecular weight is 332 g/mol. The number of hydrogen-bond acceptors (Lipinski definition) is 5. The number of hydrogen-bond donors (Lipinski definition) is 0. The van der Waals surface area contributed by atoms with E-state index in [4.69, 9.17) is 4.74 Å². The molecule has 0 unspecified atom stereocenters. The number of piperazine rings is 1. The lowest BCUT2D eigenvalue weighted by Gasteiger charge is -2.43. The summed E-state index contributed by atoms with van der Waals surface area (Å²) in [7, 11) is -3.26. The Bertz CT molecular complexity index is 566. The molecule has 0 bridgehead atoms. The molecule has 0 aromatic carbocycles. The van der Waals surface area contributed by atoms with Crippen LogP contribution in [0.25, 0.3) is 0 Å². The van der Waals surface area contributed by atoms with Gasteiger partial charge in [-0.05, 0) is 20.8 Å². The van der Waals surface area contributed by atoms with Gasteiger partial charge in [-0.1, -0.05) is 6.92 Å². The van der Waals surface area contributed by atoms with Crippen LogP contribution in [0.3, 0.4) is 0 Å². The maximum Gasteiger partial charge on any atom is 0.410 e. The van der Waals surface area contributed by atoms with E-state index in [1.807, 2.05) is 0 Å². The third-order valence-corrected chi connectivity index (χ3v) is 5.63. The Labute approximate surface area is 131 Å². The van der Waals surface area contributed by atoms with Crippen molar-refractivity contribution in [1.82, 2.24) is 9.80 Å². The van der Waals surface area contributed by atoms with Crippen LogP contribution in [-0.4, -0.2) is 72.5 Å². The van der Waals surface area contributed by atoms with Gasteiger partial charge in [-0.3, -0.25) is 4.79 Å². The molecule has 8 heteroatoms. The monoisotopic (exact) mass is 332 g/mol. The minimum absolute atomic E-state index is 0.0732. The maximum absolute atomic E-state index is 12.3. The van der Waals surface area contributed by atoms with Crippen molar-refractivity contribution < 1.29 is 22.7 Å². The Kier molecular flexibility index (Phi) is 4.43. The van der Waals surface area contributed by atoms with Crippen molar-refractivity contribution in [2.75, 3.05) is 24.6 Å². The number of ether oxygens (including phenoxy) is 1. The van der Waals surface area contributed by atoms with Crippen LogP contribution in [0, 0.1) is 0 Å². The predicted molar refractivity (Wildman–Crippen MR) is 81.2 cm³/mol. The van der Waals surface area contributed by atoms with Gasteiger partial charge in [-0.15, -0.1) is 0 Å². The lowest BCUT2D eigenvalue weighted by atomic mass is 10.0. The predicted octanol–water partition coefficient (Wildman–Crippen LogP) is 0.641. The zero-order valence-electron chi connectivity index (χ0n) is 13.5. The Hall–Kier alpha value is -1.31. The minimum Gasteiger partial charge on any atom is -0.444 e. The molecule has 2 saturated heterocycles. The molecule has 2 atom stereocenters. The molecule has 7 nitrogen and oxygen atoms in total. The third kappa shape index (κ3) is 3.53. The smallest absolute Gasteiger partial charge is 0.410 e. The molecule has 22 heavy (non-hydrogen) atoms. The van der Waals surface area contributed by atoms with Crippen LogP contribution in [0.1, 0.15) is 34.1 Å². The van der Waals surface area contributed by atoms with Crippen LogP contribution in [0.4, 0.5) is 4.79 Å². The Balaban J connectivity index is 2.23. The lowest BCUT2D eigenvalue weighted by Crippen LogP contribution is -2.62. The zero-order chi connectivity index (χ0) is 16.7. The van der Waals surface area contributed by atoms with Gasteiger partial charge in [0.05, 0.1) is 23.6 Å². The fourth-order valence-corrected chi connectivity index (χ4v) is 4.99. The molecule has 2 aliphatic rings. The van der Waals surface area contributed by atoms with E-state index < -0.39 is 33.6 Å². The first-order valence-corrected chi connectivity index (χ1v) is 9.36. The third-order valence-electron chi connectivity index (χ3n) is 3.93. The first-order chi connectivity index (χ1) is 10.0. The first-order valence-electron chi connectivity index (χ1n) is 7.53. The summed E-state index contributed by atoms with van der Waals surface area (Å²) in [6.45, 7) is 7.71. The summed E-state index contributed by atoms with van der Waals surface area (Å²) in [5, 5.41) is 0. The number of nitrogens with zero attached hydrogens (tertiary/aromatic N) is 2. The fourth-order valence-electron chi connectivity index (χ4n) is 3.01. The summed E-state index contributed by atoms with van der Waals surface area (Å²) in [6.07, 6.45) is -0.182. The highest BCUT2D eigenvalue weighted by Crippen LogP contribution is 2.28. The van der Waals surface area contributed by atoms with Crippen molar-refractivity contribution in [3.63, 3.8) is 0 Å². The standard InChI is InChI=1S/C14H24N2O5S/c1-5-12(17)15-6-7-16(13(18)21-14(2,3)4)11-9-22(19,20)8-10(11)15/h10-11H,5-9H2,1-4H3/t10-,11-/m1/s1. The SMILES string of the molecule is CCC(=O)N1CCN(C(=O)OC(C)(C)C)[C@@H]2CS(=O)(=O)C[C@H]21. The molecule has 0 aromatic heterocycles. The number of carbonyl (C=O) groups excluding carboxylic acids is 2. The van der Waals surface area contributed by atoms with Crippen LogP contribution < -0.4 is 0 Å². The number of carbonyl (C=O) groups is 2. The van der Waals surface area contributed by atoms with Crippen LogP contribution in [-0.2, 0) is 19.4 Å². The van der Waals surface area contributed by atoms with E-state index in [1.54, 1.807) is 32.6 Å². The molecule has 0 spiro atoms. The van der Waals surface area contributed by atoms with Crippen molar-refractivity contribution >= 4 is 21.8 Å². The second-order valence-corrected chi connectivity index (χ2v) is 8.98. The van der Waals surface area contributed by atoms with E-state index in [-0.39, 0.29) is 17.4 Å². The summed E-state index contributed by atoms with van der Waals surface area (Å²) in [4.78, 5) is 27.4. The quantitative estimate of drug-likeness (QED) is 0.704. The highest BCUT2D eigenvalue weighted by molar-refractivity contribution is 7.91. The molecular formula is C14H24N2O5S. The summed E-state index contributed by atoms with van der Waals surface area (Å²) < 4.78 is 29.3. The van der Waals surface area contributed by atoms with Gasteiger partial charge in [0.15, 0.2) is 9.84 Å². The maximum atomic E-state index is 12.3. The normalized spacial score (nSPS) is 27.5. The van der Waals surface area contributed by atoms with Crippen molar-refractivity contribution in [3.8, 4) is 0 Å². The van der Waals surface area contributed by atoms with E-state index in [9.17, 15) is 18.0 Å². The molecule has 2 fully saturated rings. The molecule has 2 aliphatic heterocycles. The zero-order valence-corrected chi connectivity index (χ0v) is 14.4. The van der Waals surface area contributed by atoms with Crippen molar-refractivity contribution in [1.29, 1.82) is 0 Å². The second-order valence-electron chi connectivity index (χ2n) is 6.83. The minimum atomic E-state index is -3.26. The van der Waals surface area contributed by atoms with Crippen molar-refractivity contribution in [2.45, 2.75) is 51.8 Å². The number of rotatable bonds is 1. The lowest BCUT2D eigenvalue weighted by molar-refractivity contribution is -0.136. The van der Waals surface area contributed by atoms with Crippen molar-refractivity contribution in [2.24, 2.45) is 0 Å². The number of amides is 2. The van der Waals surface area contributed by atoms with E-state index >= 15 is 0 Å². The van der Waals surface area contributed by atoms with Gasteiger partial charge < -0.3 is 14.5 Å². The average Bonchev–Trinajstić information content (AvgIpc) is 2.69. The molecule has 126 valence electrons. The summed E-state index contributed by atoms with van der Waals surface area (Å²) in [5.74, 6) is -0.261. The van der Waals surface area contributed by atoms with Crippen LogP contribution in [0.15, 0.2) is 0 Å². The molecule has 2 amide bonds. The van der Waals surface area contributed by atoms with Gasteiger partial charge in [-0.2, -0.15) is 0 Å². The molecular weight excluding hydrogens is 308 g/mol. The first kappa shape index (κ1) is 17.1. The summed E-state index contributed by atoms with van der Waals surface area (Å²) in [5.41, 5.74) is -0.638. The molecule has 0 saturated carbocycles. The highest BCUT2D eigenvalue weighted by Gasteiger charge is 2.49. The van der Waals surface area contributed by atoms with Crippen LogP contribution >= 0.6 is 0 Å². The van der Waals surface area contributed by atoms with Gasteiger partial charge in [0, 0.05) is 19.5 Å². The van der Waals surface area contributed by atoms with Gasteiger partial charge in [0.1, 0.15) is 5.60 Å². The van der Waals surface area contributed by atoms with Gasteiger partial charge in [0.25, 0.3) is 0 Å². The Morgan fingerprint density at radius 3 is 2.09 bits per heavy atom. The number of sulfone groups is 1. The highest BCUT2D eigenvalue weighted by atomic mass is 32.2. The Morgan fingerprint density at radius 2 is 1.59 bits per heavy atom. The van der Waals surface area contributed by atoms with E-state index in [0.29, 0.717) is 19.5 Å². The summed E-state index contributed by atoms with van der Waals surface area (Å²) >= 11 is 0. The van der Waals surface area contributed by atoms with E-state index in [2.05, 4.69) is 0 Å². The van der Waals surface area contributed by atoms with Crippen molar-refractivity contribution in [3.05, 3.63) is 0 Å². The largest absolute Gasteiger partial charge is 0.444 e.